The topological polar surface area (TPSA) is 47.0 Å². The molecular formula is C18H33N3O2. The van der Waals surface area contributed by atoms with E-state index >= 15 is 0 Å². The molecule has 5 heteroatoms. The van der Waals surface area contributed by atoms with Crippen LogP contribution in [-0.2, 0) is 4.79 Å². The number of hydrogen-bond donors (Lipinski definition) is 1. The van der Waals surface area contributed by atoms with Crippen molar-refractivity contribution >= 4 is 5.91 Å². The Hall–Kier alpha value is -0.650. The summed E-state index contributed by atoms with van der Waals surface area (Å²) in [7, 11) is 0. The van der Waals surface area contributed by atoms with Gasteiger partial charge in [0.25, 0.3) is 0 Å². The molecule has 23 heavy (non-hydrogen) atoms. The maximum atomic E-state index is 12.5. The molecule has 1 spiro atoms. The van der Waals surface area contributed by atoms with Gasteiger partial charge in [-0.15, -0.1) is 0 Å². The first-order valence-electron chi connectivity index (χ1n) is 9.06. The quantitative estimate of drug-likeness (QED) is 0.824. The van der Waals surface area contributed by atoms with E-state index in [1.54, 1.807) is 0 Å². The van der Waals surface area contributed by atoms with E-state index in [9.17, 15) is 9.90 Å². The number of rotatable bonds is 2. The average molecular weight is 323 g/mol. The highest BCUT2D eigenvalue weighted by Crippen LogP contribution is 2.40. The molecule has 2 atom stereocenters. The van der Waals surface area contributed by atoms with Crippen molar-refractivity contribution in [3.63, 3.8) is 0 Å². The van der Waals surface area contributed by atoms with Crippen LogP contribution in [-0.4, -0.2) is 82.7 Å². The van der Waals surface area contributed by atoms with Crippen molar-refractivity contribution in [2.45, 2.75) is 58.7 Å². The molecule has 0 aromatic rings. The van der Waals surface area contributed by atoms with Crippen molar-refractivity contribution in [3.05, 3.63) is 0 Å². The predicted octanol–water partition coefficient (Wildman–Crippen LogP) is 1.02. The fourth-order valence-electron chi connectivity index (χ4n) is 4.79. The fraction of sp³-hybridized carbons (Fsp3) is 0.944. The minimum absolute atomic E-state index is 0.0516. The molecule has 132 valence electrons. The Morgan fingerprint density at radius 3 is 2.43 bits per heavy atom. The number of aliphatic hydroxyl groups excluding tert-OH is 1. The number of fused-ring (bicyclic) bond motifs is 2. The van der Waals surface area contributed by atoms with Gasteiger partial charge in [0.15, 0.2) is 0 Å². The molecule has 0 radical (unpaired) electrons. The number of aliphatic hydroxyl groups is 1. The summed E-state index contributed by atoms with van der Waals surface area (Å²) in [6, 6.07) is 0.332. The summed E-state index contributed by atoms with van der Waals surface area (Å²) in [6.45, 7) is 16.3. The fourth-order valence-corrected chi connectivity index (χ4v) is 4.79. The Morgan fingerprint density at radius 1 is 1.22 bits per heavy atom. The number of β-amino-alcohol motifs (C(OH)–C–C–N with tert-alkyl or cyclic N) is 1. The predicted molar refractivity (Wildman–Crippen MR) is 91.2 cm³/mol. The Balaban J connectivity index is 1.74. The highest BCUT2D eigenvalue weighted by atomic mass is 16.3. The van der Waals surface area contributed by atoms with E-state index in [1.165, 1.54) is 0 Å². The first kappa shape index (κ1) is 17.2. The van der Waals surface area contributed by atoms with E-state index in [4.69, 9.17) is 0 Å². The second-order valence-electron chi connectivity index (χ2n) is 9.50. The number of amides is 1. The van der Waals surface area contributed by atoms with Crippen molar-refractivity contribution in [3.8, 4) is 0 Å². The molecule has 0 aromatic carbocycles. The highest BCUT2D eigenvalue weighted by molar-refractivity contribution is 5.78. The minimum Gasteiger partial charge on any atom is -0.392 e. The molecule has 3 rings (SSSR count). The molecule has 0 bridgehead atoms. The van der Waals surface area contributed by atoms with E-state index in [0.717, 1.165) is 45.7 Å². The van der Waals surface area contributed by atoms with Gasteiger partial charge < -0.3 is 10.0 Å². The third-order valence-corrected chi connectivity index (χ3v) is 5.46. The molecule has 0 aromatic heterocycles. The number of carbonyl (C=O) groups is 1. The first-order chi connectivity index (χ1) is 10.6. The standard InChI is InChI=1S/C18H33N3O2/c1-13(2)16(23)20-7-14-6-15(22)8-21(14)18(12-20)10-19(11-18)9-17(3,4)5/h13-15,22H,6-12H2,1-5H3/t14-,15+/m0/s1. The molecule has 3 aliphatic heterocycles. The summed E-state index contributed by atoms with van der Waals surface area (Å²) in [5.74, 6) is 0.315. The lowest BCUT2D eigenvalue weighted by atomic mass is 9.81. The second kappa shape index (κ2) is 5.71. The van der Waals surface area contributed by atoms with Gasteiger partial charge in [-0.05, 0) is 11.8 Å². The summed E-state index contributed by atoms with van der Waals surface area (Å²) in [5.41, 5.74) is 0.365. The molecule has 0 saturated carbocycles. The molecule has 3 fully saturated rings. The second-order valence-corrected chi connectivity index (χ2v) is 9.50. The van der Waals surface area contributed by atoms with Gasteiger partial charge in [0.1, 0.15) is 0 Å². The summed E-state index contributed by atoms with van der Waals surface area (Å²) in [5, 5.41) is 10.1. The van der Waals surface area contributed by atoms with Gasteiger partial charge >= 0.3 is 0 Å². The van der Waals surface area contributed by atoms with Crippen LogP contribution in [0.3, 0.4) is 0 Å². The maximum Gasteiger partial charge on any atom is 0.225 e. The number of likely N-dealkylation sites (tertiary alicyclic amines) is 1. The summed E-state index contributed by atoms with van der Waals surface area (Å²) >= 11 is 0. The monoisotopic (exact) mass is 323 g/mol. The number of hydrogen-bond acceptors (Lipinski definition) is 4. The minimum atomic E-state index is -0.234. The Kier molecular flexibility index (Phi) is 4.27. The van der Waals surface area contributed by atoms with E-state index in [2.05, 4.69) is 35.5 Å². The molecule has 3 saturated heterocycles. The van der Waals surface area contributed by atoms with Crippen LogP contribution in [0.4, 0.5) is 0 Å². The van der Waals surface area contributed by atoms with E-state index in [-0.39, 0.29) is 23.5 Å². The first-order valence-corrected chi connectivity index (χ1v) is 9.06. The molecule has 5 nitrogen and oxygen atoms in total. The van der Waals surface area contributed by atoms with Crippen molar-refractivity contribution in [2.24, 2.45) is 11.3 Å². The van der Waals surface area contributed by atoms with Crippen LogP contribution in [0.1, 0.15) is 41.0 Å². The summed E-state index contributed by atoms with van der Waals surface area (Å²) in [4.78, 5) is 19.6. The molecule has 1 amide bonds. The third kappa shape index (κ3) is 3.28. The highest BCUT2D eigenvalue weighted by Gasteiger charge is 2.56. The molecule has 1 N–H and O–H groups in total. The van der Waals surface area contributed by atoms with Crippen molar-refractivity contribution in [2.75, 3.05) is 39.3 Å². The van der Waals surface area contributed by atoms with Gasteiger partial charge in [0.05, 0.1) is 11.6 Å². The average Bonchev–Trinajstić information content (AvgIpc) is 2.74. The molecule has 0 unspecified atom stereocenters. The Labute approximate surface area is 140 Å². The normalized spacial score (nSPS) is 31.5. The van der Waals surface area contributed by atoms with Gasteiger partial charge in [0, 0.05) is 51.2 Å². The van der Waals surface area contributed by atoms with Crippen LogP contribution in [0.2, 0.25) is 0 Å². The van der Waals surface area contributed by atoms with Crippen LogP contribution in [0.25, 0.3) is 0 Å². The molecule has 3 heterocycles. The number of nitrogens with zero attached hydrogens (tertiary/aromatic N) is 3. The summed E-state index contributed by atoms with van der Waals surface area (Å²) < 4.78 is 0. The van der Waals surface area contributed by atoms with Crippen LogP contribution < -0.4 is 0 Å². The van der Waals surface area contributed by atoms with Crippen molar-refractivity contribution in [1.29, 1.82) is 0 Å². The van der Waals surface area contributed by atoms with Crippen LogP contribution in [0.15, 0.2) is 0 Å². The SMILES string of the molecule is CC(C)C(=O)N1C[C@@H]2C[C@@H](O)CN2C2(CN(CC(C)(C)C)C2)C1. The smallest absolute Gasteiger partial charge is 0.225 e. The summed E-state index contributed by atoms with van der Waals surface area (Å²) in [6.07, 6.45) is 0.575. The zero-order chi connectivity index (χ0) is 17.0. The van der Waals surface area contributed by atoms with Gasteiger partial charge in [-0.1, -0.05) is 34.6 Å². The van der Waals surface area contributed by atoms with Gasteiger partial charge in [-0.2, -0.15) is 0 Å². The van der Waals surface area contributed by atoms with Crippen LogP contribution in [0, 0.1) is 11.3 Å². The lowest BCUT2D eigenvalue weighted by molar-refractivity contribution is -0.154. The zero-order valence-corrected chi connectivity index (χ0v) is 15.4. The molecule has 0 aliphatic carbocycles. The lowest BCUT2D eigenvalue weighted by Gasteiger charge is -2.62. The largest absolute Gasteiger partial charge is 0.392 e. The van der Waals surface area contributed by atoms with E-state index < -0.39 is 0 Å². The van der Waals surface area contributed by atoms with E-state index in [0.29, 0.717) is 11.5 Å². The van der Waals surface area contributed by atoms with Crippen LogP contribution >= 0.6 is 0 Å². The van der Waals surface area contributed by atoms with Crippen molar-refractivity contribution < 1.29 is 9.90 Å². The van der Waals surface area contributed by atoms with Crippen LogP contribution in [0.5, 0.6) is 0 Å². The van der Waals surface area contributed by atoms with Gasteiger partial charge in [-0.3, -0.25) is 14.6 Å². The lowest BCUT2D eigenvalue weighted by Crippen LogP contribution is -2.79. The van der Waals surface area contributed by atoms with Gasteiger partial charge in [0.2, 0.25) is 5.91 Å². The number of carbonyl (C=O) groups excluding carboxylic acids is 1. The molecule has 3 aliphatic rings. The Bertz CT molecular complexity index is 465. The zero-order valence-electron chi connectivity index (χ0n) is 15.4. The Morgan fingerprint density at radius 2 is 1.87 bits per heavy atom. The molecular weight excluding hydrogens is 290 g/mol. The van der Waals surface area contributed by atoms with Gasteiger partial charge in [-0.25, -0.2) is 0 Å². The maximum absolute atomic E-state index is 12.5. The third-order valence-electron chi connectivity index (χ3n) is 5.46. The van der Waals surface area contributed by atoms with Crippen molar-refractivity contribution in [1.82, 2.24) is 14.7 Å². The van der Waals surface area contributed by atoms with E-state index in [1.807, 2.05) is 13.8 Å². The number of piperazine rings is 1.